The first-order valence-electron chi connectivity index (χ1n) is 5.26. The van der Waals surface area contributed by atoms with Crippen LogP contribution < -0.4 is 5.32 Å². The van der Waals surface area contributed by atoms with Gasteiger partial charge in [-0.3, -0.25) is 4.79 Å². The zero-order chi connectivity index (χ0) is 12.7. The molecule has 0 saturated heterocycles. The van der Waals surface area contributed by atoms with Crippen LogP contribution in [0.4, 0.5) is 5.69 Å². The Kier molecular flexibility index (Phi) is 2.16. The number of aromatic nitrogens is 1. The number of carboxylic acid groups (broad SMARTS) is 1. The molecule has 1 aromatic carbocycles. The molecule has 0 saturated carbocycles. The van der Waals surface area contributed by atoms with Gasteiger partial charge in [0.2, 0.25) is 11.7 Å². The largest absolute Gasteiger partial charge is 0.475 e. The first kappa shape index (κ1) is 10.5. The van der Waals surface area contributed by atoms with E-state index in [4.69, 9.17) is 5.11 Å². The Morgan fingerprint density at radius 1 is 1.39 bits per heavy atom. The average Bonchev–Trinajstić information content (AvgIpc) is 2.91. The van der Waals surface area contributed by atoms with Crippen LogP contribution in [0.25, 0.3) is 11.3 Å². The maximum Gasteiger partial charge on any atom is 0.374 e. The van der Waals surface area contributed by atoms with Gasteiger partial charge in [0.25, 0.3) is 0 Å². The van der Waals surface area contributed by atoms with Gasteiger partial charge in [0, 0.05) is 17.3 Å². The summed E-state index contributed by atoms with van der Waals surface area (Å²) in [5.41, 5.74) is 2.82. The molecule has 2 heterocycles. The highest BCUT2D eigenvalue weighted by Crippen LogP contribution is 2.28. The molecule has 0 atom stereocenters. The first-order chi connectivity index (χ1) is 8.63. The lowest BCUT2D eigenvalue weighted by atomic mass is 10.1. The highest BCUT2D eigenvalue weighted by molar-refractivity contribution is 5.99. The van der Waals surface area contributed by atoms with Crippen LogP contribution in [0.15, 0.2) is 28.8 Å². The van der Waals surface area contributed by atoms with Crippen molar-refractivity contribution in [1.82, 2.24) is 5.16 Å². The third-order valence-corrected chi connectivity index (χ3v) is 2.75. The molecular weight excluding hydrogens is 236 g/mol. The predicted molar refractivity (Wildman–Crippen MR) is 61.2 cm³/mol. The second-order valence-electron chi connectivity index (χ2n) is 3.98. The van der Waals surface area contributed by atoms with E-state index < -0.39 is 5.97 Å². The molecule has 6 nitrogen and oxygen atoms in total. The topological polar surface area (TPSA) is 92.4 Å². The van der Waals surface area contributed by atoms with E-state index in [0.29, 0.717) is 12.1 Å². The summed E-state index contributed by atoms with van der Waals surface area (Å²) in [6, 6.07) is 6.68. The maximum atomic E-state index is 11.2. The van der Waals surface area contributed by atoms with E-state index in [1.54, 1.807) is 18.2 Å². The van der Waals surface area contributed by atoms with Crippen LogP contribution in [0.1, 0.15) is 16.1 Å². The van der Waals surface area contributed by atoms with Crippen LogP contribution >= 0.6 is 0 Å². The summed E-state index contributed by atoms with van der Waals surface area (Å²) in [5, 5.41) is 15.2. The fraction of sp³-hybridized carbons (Fsp3) is 0.0833. The quantitative estimate of drug-likeness (QED) is 0.835. The number of aromatic carboxylic acids is 1. The van der Waals surface area contributed by atoms with Crippen LogP contribution in [-0.2, 0) is 11.2 Å². The van der Waals surface area contributed by atoms with Crippen molar-refractivity contribution >= 4 is 17.6 Å². The van der Waals surface area contributed by atoms with Crippen LogP contribution in [-0.4, -0.2) is 22.1 Å². The number of carbonyl (C=O) groups is 2. The molecule has 6 heteroatoms. The maximum absolute atomic E-state index is 11.2. The van der Waals surface area contributed by atoms with E-state index in [1.807, 2.05) is 0 Å². The lowest BCUT2D eigenvalue weighted by molar-refractivity contribution is -0.115. The molecule has 1 aliphatic heterocycles. The molecule has 2 N–H and O–H groups in total. The van der Waals surface area contributed by atoms with E-state index in [0.717, 1.165) is 16.8 Å². The number of carboxylic acids is 1. The summed E-state index contributed by atoms with van der Waals surface area (Å²) in [4.78, 5) is 21.9. The zero-order valence-corrected chi connectivity index (χ0v) is 9.14. The Morgan fingerprint density at radius 3 is 2.94 bits per heavy atom. The SMILES string of the molecule is O=C1Cc2cc(-c3cc(C(=O)O)on3)ccc2N1. The Balaban J connectivity index is 2.00. The molecule has 0 bridgehead atoms. The molecule has 1 aliphatic rings. The van der Waals surface area contributed by atoms with Crippen LogP contribution in [0, 0.1) is 0 Å². The number of hydrogen-bond acceptors (Lipinski definition) is 4. The monoisotopic (exact) mass is 244 g/mol. The summed E-state index contributed by atoms with van der Waals surface area (Å²) in [5.74, 6) is -1.42. The number of rotatable bonds is 2. The van der Waals surface area contributed by atoms with Gasteiger partial charge in [-0.1, -0.05) is 11.2 Å². The van der Waals surface area contributed by atoms with Gasteiger partial charge >= 0.3 is 5.97 Å². The number of carbonyl (C=O) groups excluding carboxylic acids is 1. The standard InChI is InChI=1S/C12H8N2O4/c15-11-4-7-3-6(1-2-8(7)13-11)9-5-10(12(16)17)18-14-9/h1-3,5H,4H2,(H,13,15)(H,16,17). The van der Waals surface area contributed by atoms with Gasteiger partial charge in [-0.25, -0.2) is 4.79 Å². The van der Waals surface area contributed by atoms with E-state index in [9.17, 15) is 9.59 Å². The molecule has 0 spiro atoms. The highest BCUT2D eigenvalue weighted by Gasteiger charge is 2.19. The Hall–Kier alpha value is -2.63. The number of amides is 1. The van der Waals surface area contributed by atoms with Crippen molar-refractivity contribution in [1.29, 1.82) is 0 Å². The minimum absolute atomic E-state index is 0.0477. The fourth-order valence-electron chi connectivity index (χ4n) is 1.90. The van der Waals surface area contributed by atoms with Crippen molar-refractivity contribution in [3.8, 4) is 11.3 Å². The number of hydrogen-bond donors (Lipinski definition) is 2. The second kappa shape index (κ2) is 3.69. The van der Waals surface area contributed by atoms with Crippen molar-refractivity contribution < 1.29 is 19.2 Å². The molecule has 90 valence electrons. The third-order valence-electron chi connectivity index (χ3n) is 2.75. The summed E-state index contributed by atoms with van der Waals surface area (Å²) in [6.45, 7) is 0. The molecule has 1 aromatic heterocycles. The van der Waals surface area contributed by atoms with E-state index in [-0.39, 0.29) is 11.7 Å². The average molecular weight is 244 g/mol. The van der Waals surface area contributed by atoms with Gasteiger partial charge < -0.3 is 14.9 Å². The van der Waals surface area contributed by atoms with Crippen molar-refractivity contribution in [2.24, 2.45) is 0 Å². The molecule has 1 amide bonds. The summed E-state index contributed by atoms with van der Waals surface area (Å²) >= 11 is 0. The van der Waals surface area contributed by atoms with Gasteiger partial charge in [0.05, 0.1) is 6.42 Å². The minimum atomic E-state index is -1.16. The van der Waals surface area contributed by atoms with E-state index in [2.05, 4.69) is 15.0 Å². The normalized spacial score (nSPS) is 13.2. The number of anilines is 1. The van der Waals surface area contributed by atoms with Gasteiger partial charge in [0.15, 0.2) is 0 Å². The lowest BCUT2D eigenvalue weighted by Gasteiger charge is -2.00. The number of nitrogens with zero attached hydrogens (tertiary/aromatic N) is 1. The summed E-state index contributed by atoms with van der Waals surface area (Å²) < 4.78 is 4.69. The first-order valence-corrected chi connectivity index (χ1v) is 5.26. The van der Waals surface area contributed by atoms with Crippen molar-refractivity contribution in [3.63, 3.8) is 0 Å². The second-order valence-corrected chi connectivity index (χ2v) is 3.98. The van der Waals surface area contributed by atoms with Crippen LogP contribution in [0.5, 0.6) is 0 Å². The Morgan fingerprint density at radius 2 is 2.22 bits per heavy atom. The van der Waals surface area contributed by atoms with Gasteiger partial charge in [-0.15, -0.1) is 0 Å². The predicted octanol–water partition coefficient (Wildman–Crippen LogP) is 1.53. The molecule has 0 radical (unpaired) electrons. The van der Waals surface area contributed by atoms with E-state index in [1.165, 1.54) is 6.07 Å². The molecule has 2 aromatic rings. The van der Waals surface area contributed by atoms with E-state index >= 15 is 0 Å². The van der Waals surface area contributed by atoms with Crippen molar-refractivity contribution in [2.75, 3.05) is 5.32 Å². The Bertz CT molecular complexity index is 660. The lowest BCUT2D eigenvalue weighted by Crippen LogP contribution is -2.03. The van der Waals surface area contributed by atoms with Gasteiger partial charge in [-0.05, 0) is 17.7 Å². The van der Waals surface area contributed by atoms with Gasteiger partial charge in [0.1, 0.15) is 5.69 Å². The molecule has 0 fully saturated rings. The van der Waals surface area contributed by atoms with Crippen molar-refractivity contribution in [2.45, 2.75) is 6.42 Å². The van der Waals surface area contributed by atoms with Crippen LogP contribution in [0.3, 0.4) is 0 Å². The highest BCUT2D eigenvalue weighted by atomic mass is 16.5. The fourth-order valence-corrected chi connectivity index (χ4v) is 1.90. The number of fused-ring (bicyclic) bond motifs is 1. The molecule has 0 aliphatic carbocycles. The molecule has 18 heavy (non-hydrogen) atoms. The van der Waals surface area contributed by atoms with Crippen LogP contribution in [0.2, 0.25) is 0 Å². The molecule has 3 rings (SSSR count). The number of benzene rings is 1. The molecule has 0 unspecified atom stereocenters. The third kappa shape index (κ3) is 1.64. The number of nitrogens with one attached hydrogen (secondary N) is 1. The van der Waals surface area contributed by atoms with Gasteiger partial charge in [-0.2, -0.15) is 0 Å². The zero-order valence-electron chi connectivity index (χ0n) is 9.14. The van der Waals surface area contributed by atoms with Crippen molar-refractivity contribution in [3.05, 3.63) is 35.6 Å². The molecular formula is C12H8N2O4. The minimum Gasteiger partial charge on any atom is -0.475 e. The smallest absolute Gasteiger partial charge is 0.374 e. The summed E-state index contributed by atoms with van der Waals surface area (Å²) in [7, 11) is 0. The summed E-state index contributed by atoms with van der Waals surface area (Å²) in [6.07, 6.45) is 0.326. The Labute approximate surface area is 101 Å².